The number of hydrogen-bond acceptors (Lipinski definition) is 4. The van der Waals surface area contributed by atoms with Gasteiger partial charge in [0.1, 0.15) is 16.5 Å². The molecule has 0 aliphatic rings. The molecule has 0 aliphatic carbocycles. The first-order valence-corrected chi connectivity index (χ1v) is 7.35. The maximum absolute atomic E-state index is 13.0. The molecule has 0 saturated heterocycles. The minimum atomic E-state index is -4.05. The molecule has 0 radical (unpaired) electrons. The summed E-state index contributed by atoms with van der Waals surface area (Å²) in [6.45, 7) is 1.34. The van der Waals surface area contributed by atoms with Crippen LogP contribution in [0.25, 0.3) is 0 Å². The Morgan fingerprint density at radius 3 is 2.38 bits per heavy atom. The van der Waals surface area contributed by atoms with E-state index in [1.54, 1.807) is 0 Å². The Hall–Kier alpha value is -2.41. The van der Waals surface area contributed by atoms with Crippen molar-refractivity contribution in [2.24, 2.45) is 0 Å². The van der Waals surface area contributed by atoms with Crippen molar-refractivity contribution in [3.63, 3.8) is 0 Å². The predicted octanol–water partition coefficient (Wildman–Crippen LogP) is 2.55. The highest BCUT2D eigenvalue weighted by atomic mass is 32.2. The van der Waals surface area contributed by atoms with Crippen LogP contribution in [0.3, 0.4) is 0 Å². The number of carbonyl (C=O) groups is 1. The summed E-state index contributed by atoms with van der Waals surface area (Å²) >= 11 is 0. The number of nitrogens with one attached hydrogen (secondary N) is 1. The van der Waals surface area contributed by atoms with Gasteiger partial charge in [0.2, 0.25) is 5.91 Å². The van der Waals surface area contributed by atoms with E-state index in [1.807, 2.05) is 0 Å². The molecule has 0 spiro atoms. The van der Waals surface area contributed by atoms with E-state index in [9.17, 15) is 17.6 Å². The van der Waals surface area contributed by atoms with Gasteiger partial charge in [-0.2, -0.15) is 8.42 Å². The topological polar surface area (TPSA) is 72.5 Å². The maximum Gasteiger partial charge on any atom is 0.339 e. The second kappa shape index (κ2) is 5.92. The van der Waals surface area contributed by atoms with Crippen molar-refractivity contribution < 1.29 is 21.8 Å². The van der Waals surface area contributed by atoms with Crippen LogP contribution in [0.1, 0.15) is 6.92 Å². The number of halogens is 1. The SMILES string of the molecule is CC(=O)Nc1ccc(S(=O)(=O)Oc2cccc(F)c2)cc1. The third-order valence-electron chi connectivity index (χ3n) is 2.47. The number of rotatable bonds is 4. The first kappa shape index (κ1) is 15.0. The Kier molecular flexibility index (Phi) is 4.23. The summed E-state index contributed by atoms with van der Waals surface area (Å²) in [5.41, 5.74) is 0.465. The highest BCUT2D eigenvalue weighted by Crippen LogP contribution is 2.20. The van der Waals surface area contributed by atoms with Gasteiger partial charge in [-0.25, -0.2) is 4.39 Å². The smallest absolute Gasteiger partial charge is 0.339 e. The normalized spacial score (nSPS) is 11.0. The zero-order valence-corrected chi connectivity index (χ0v) is 11.9. The number of carbonyl (C=O) groups excluding carboxylic acids is 1. The van der Waals surface area contributed by atoms with Crippen LogP contribution in [-0.4, -0.2) is 14.3 Å². The predicted molar refractivity (Wildman–Crippen MR) is 75.0 cm³/mol. The Balaban J connectivity index is 2.21. The molecule has 7 heteroatoms. The highest BCUT2D eigenvalue weighted by Gasteiger charge is 2.16. The molecule has 0 bridgehead atoms. The van der Waals surface area contributed by atoms with Gasteiger partial charge >= 0.3 is 10.1 Å². The zero-order valence-electron chi connectivity index (χ0n) is 11.0. The quantitative estimate of drug-likeness (QED) is 0.881. The maximum atomic E-state index is 13.0. The van der Waals surface area contributed by atoms with E-state index in [2.05, 4.69) is 5.32 Å². The molecule has 0 aromatic heterocycles. The Bertz CT molecular complexity index is 757. The van der Waals surface area contributed by atoms with Gasteiger partial charge in [0.25, 0.3) is 0 Å². The number of anilines is 1. The average Bonchev–Trinajstić information content (AvgIpc) is 2.38. The minimum Gasteiger partial charge on any atom is -0.379 e. The van der Waals surface area contributed by atoms with Crippen LogP contribution in [0.15, 0.2) is 53.4 Å². The molecule has 0 unspecified atom stereocenters. The zero-order chi connectivity index (χ0) is 15.5. The van der Waals surface area contributed by atoms with Crippen LogP contribution < -0.4 is 9.50 Å². The summed E-state index contributed by atoms with van der Waals surface area (Å²) in [7, 11) is -4.05. The summed E-state index contributed by atoms with van der Waals surface area (Å²) in [6.07, 6.45) is 0. The number of benzene rings is 2. The van der Waals surface area contributed by atoms with Crippen molar-refractivity contribution in [3.8, 4) is 5.75 Å². The van der Waals surface area contributed by atoms with E-state index in [-0.39, 0.29) is 16.6 Å². The molecule has 0 saturated carbocycles. The standard InChI is InChI=1S/C14H12FNO4S/c1-10(17)16-12-5-7-14(8-6-12)21(18,19)20-13-4-2-3-11(15)9-13/h2-9H,1H3,(H,16,17). The molecule has 0 atom stereocenters. The van der Waals surface area contributed by atoms with Crippen molar-refractivity contribution in [2.75, 3.05) is 5.32 Å². The Morgan fingerprint density at radius 2 is 1.81 bits per heavy atom. The van der Waals surface area contributed by atoms with Crippen LogP contribution in [0.4, 0.5) is 10.1 Å². The molecular formula is C14H12FNO4S. The van der Waals surface area contributed by atoms with Crippen molar-refractivity contribution in [3.05, 3.63) is 54.3 Å². The molecule has 0 aliphatic heterocycles. The van der Waals surface area contributed by atoms with Crippen LogP contribution >= 0.6 is 0 Å². The highest BCUT2D eigenvalue weighted by molar-refractivity contribution is 7.87. The van der Waals surface area contributed by atoms with E-state index in [1.165, 1.54) is 49.4 Å². The molecule has 2 aromatic rings. The summed E-state index contributed by atoms with van der Waals surface area (Å²) in [5, 5.41) is 2.52. The molecule has 110 valence electrons. The summed E-state index contributed by atoms with van der Waals surface area (Å²) < 4.78 is 41.9. The molecule has 1 N–H and O–H groups in total. The van der Waals surface area contributed by atoms with Crippen LogP contribution in [0.2, 0.25) is 0 Å². The minimum absolute atomic E-state index is 0.0964. The van der Waals surface area contributed by atoms with Gasteiger partial charge in [-0.05, 0) is 36.4 Å². The molecule has 21 heavy (non-hydrogen) atoms. The van der Waals surface area contributed by atoms with Crippen LogP contribution in [0.5, 0.6) is 5.75 Å². The second-order valence-corrected chi connectivity index (χ2v) is 5.75. The number of amides is 1. The molecule has 5 nitrogen and oxygen atoms in total. The lowest BCUT2D eigenvalue weighted by molar-refractivity contribution is -0.114. The van der Waals surface area contributed by atoms with Gasteiger partial charge in [0.05, 0.1) is 0 Å². The molecule has 0 heterocycles. The molecule has 2 aromatic carbocycles. The Morgan fingerprint density at radius 1 is 1.14 bits per heavy atom. The Labute approximate surface area is 121 Å². The van der Waals surface area contributed by atoms with E-state index < -0.39 is 15.9 Å². The van der Waals surface area contributed by atoms with Crippen molar-refractivity contribution >= 4 is 21.7 Å². The van der Waals surface area contributed by atoms with Crippen LogP contribution in [0, 0.1) is 5.82 Å². The lowest BCUT2D eigenvalue weighted by Gasteiger charge is -2.08. The second-order valence-electron chi connectivity index (χ2n) is 4.20. The van der Waals surface area contributed by atoms with E-state index >= 15 is 0 Å². The van der Waals surface area contributed by atoms with Crippen LogP contribution in [-0.2, 0) is 14.9 Å². The van der Waals surface area contributed by atoms with E-state index in [0.29, 0.717) is 5.69 Å². The fourth-order valence-corrected chi connectivity index (χ4v) is 2.52. The van der Waals surface area contributed by atoms with Gasteiger partial charge in [0.15, 0.2) is 0 Å². The van der Waals surface area contributed by atoms with Crippen molar-refractivity contribution in [2.45, 2.75) is 11.8 Å². The number of hydrogen-bond donors (Lipinski definition) is 1. The molecular weight excluding hydrogens is 297 g/mol. The third-order valence-corrected chi connectivity index (χ3v) is 3.73. The van der Waals surface area contributed by atoms with Gasteiger partial charge in [-0.15, -0.1) is 0 Å². The monoisotopic (exact) mass is 309 g/mol. The van der Waals surface area contributed by atoms with Crippen molar-refractivity contribution in [1.29, 1.82) is 0 Å². The average molecular weight is 309 g/mol. The summed E-state index contributed by atoms with van der Waals surface area (Å²) in [5.74, 6) is -0.966. The summed E-state index contributed by atoms with van der Waals surface area (Å²) in [4.78, 5) is 10.8. The lowest BCUT2D eigenvalue weighted by Crippen LogP contribution is -2.10. The largest absolute Gasteiger partial charge is 0.379 e. The van der Waals surface area contributed by atoms with Gasteiger partial charge in [0, 0.05) is 18.7 Å². The van der Waals surface area contributed by atoms with Gasteiger partial charge in [-0.1, -0.05) is 6.07 Å². The first-order chi connectivity index (χ1) is 9.87. The fraction of sp³-hybridized carbons (Fsp3) is 0.0714. The van der Waals surface area contributed by atoms with E-state index in [4.69, 9.17) is 4.18 Å². The lowest BCUT2D eigenvalue weighted by atomic mass is 10.3. The molecule has 1 amide bonds. The molecule has 0 fully saturated rings. The first-order valence-electron chi connectivity index (χ1n) is 5.94. The van der Waals surface area contributed by atoms with Gasteiger partial charge < -0.3 is 9.50 Å². The summed E-state index contributed by atoms with van der Waals surface area (Å²) in [6, 6.07) is 10.3. The van der Waals surface area contributed by atoms with Crippen molar-refractivity contribution in [1.82, 2.24) is 0 Å². The fourth-order valence-electron chi connectivity index (χ4n) is 1.60. The van der Waals surface area contributed by atoms with Gasteiger partial charge in [-0.3, -0.25) is 4.79 Å². The third kappa shape index (κ3) is 4.03. The molecule has 2 rings (SSSR count). The van der Waals surface area contributed by atoms with E-state index in [0.717, 1.165) is 6.07 Å².